The fraction of sp³-hybridized carbons (Fsp3) is 0.344. The van der Waals surface area contributed by atoms with E-state index in [-0.39, 0.29) is 29.0 Å². The Kier molecular flexibility index (Phi) is 9.17. The lowest BCUT2D eigenvalue weighted by Crippen LogP contribution is -2.39. The van der Waals surface area contributed by atoms with Gasteiger partial charge in [-0.25, -0.2) is 0 Å². The lowest BCUT2D eigenvalue weighted by molar-refractivity contribution is -0.122. The molecule has 0 radical (unpaired) electrons. The van der Waals surface area contributed by atoms with Gasteiger partial charge in [0, 0.05) is 12.5 Å². The molecule has 3 aromatic carbocycles. The van der Waals surface area contributed by atoms with E-state index in [0.717, 1.165) is 16.7 Å². The molecule has 0 bridgehead atoms. The average molecular weight is 560 g/mol. The van der Waals surface area contributed by atoms with Gasteiger partial charge in [0.05, 0.1) is 39.1 Å². The van der Waals surface area contributed by atoms with Crippen molar-refractivity contribution < 1.29 is 23.8 Å². The standard InChI is InChI=1S/C32H37N3O6/c1-18(21-10-8-7-9-11-21)34-32(38)19(2)33-26-15-13-23-24(17-27(26)37)25(35-20(3)36)14-12-22-16-28(39-4)30(40-5)31(41-6)29(22)23/h7-11,13,15-19,25H,12,14H2,1-6H3,(H,33,37)(H,34,38)(H,35,36)/t18-,19-,25-/m0/s1. The van der Waals surface area contributed by atoms with Gasteiger partial charge >= 0.3 is 0 Å². The molecule has 0 aromatic heterocycles. The molecule has 0 saturated carbocycles. The van der Waals surface area contributed by atoms with Gasteiger partial charge in [-0.3, -0.25) is 14.4 Å². The van der Waals surface area contributed by atoms with Crippen molar-refractivity contribution in [3.63, 3.8) is 0 Å². The lowest BCUT2D eigenvalue weighted by atomic mass is 9.95. The third kappa shape index (κ3) is 6.29. The van der Waals surface area contributed by atoms with E-state index in [1.165, 1.54) is 13.0 Å². The number of hydrogen-bond acceptors (Lipinski definition) is 7. The van der Waals surface area contributed by atoms with Crippen LogP contribution in [0.2, 0.25) is 0 Å². The summed E-state index contributed by atoms with van der Waals surface area (Å²) < 4.78 is 17.0. The summed E-state index contributed by atoms with van der Waals surface area (Å²) in [5, 5.41) is 9.08. The van der Waals surface area contributed by atoms with Gasteiger partial charge in [0.1, 0.15) is 6.04 Å². The second kappa shape index (κ2) is 12.8. The number of carbonyl (C=O) groups excluding carboxylic acids is 2. The summed E-state index contributed by atoms with van der Waals surface area (Å²) in [5.41, 5.74) is 4.00. The number of fused-ring (bicyclic) bond motifs is 3. The summed E-state index contributed by atoms with van der Waals surface area (Å²) in [6.07, 6.45) is 1.16. The van der Waals surface area contributed by atoms with E-state index in [0.29, 0.717) is 41.2 Å². The first-order valence-corrected chi connectivity index (χ1v) is 13.6. The second-order valence-electron chi connectivity index (χ2n) is 10.1. The van der Waals surface area contributed by atoms with Crippen LogP contribution in [0.15, 0.2) is 59.4 Å². The van der Waals surface area contributed by atoms with Gasteiger partial charge in [0.2, 0.25) is 23.0 Å². The van der Waals surface area contributed by atoms with Crippen molar-refractivity contribution in [2.45, 2.75) is 51.7 Å². The molecule has 9 heteroatoms. The summed E-state index contributed by atoms with van der Waals surface area (Å²) in [6.45, 7) is 5.07. The predicted octanol–water partition coefficient (Wildman–Crippen LogP) is 4.54. The molecule has 2 amide bonds. The molecule has 0 heterocycles. The number of methoxy groups -OCH3 is 3. The lowest BCUT2D eigenvalue weighted by Gasteiger charge is -2.19. The Morgan fingerprint density at radius 2 is 1.63 bits per heavy atom. The van der Waals surface area contributed by atoms with E-state index in [2.05, 4.69) is 16.0 Å². The number of carbonyl (C=O) groups is 2. The number of aryl methyl sites for hydroxylation is 1. The molecule has 3 atom stereocenters. The molecule has 9 nitrogen and oxygen atoms in total. The molecule has 3 N–H and O–H groups in total. The van der Waals surface area contributed by atoms with E-state index in [4.69, 9.17) is 14.2 Å². The Morgan fingerprint density at radius 3 is 2.27 bits per heavy atom. The van der Waals surface area contributed by atoms with Crippen LogP contribution in [0.4, 0.5) is 5.69 Å². The molecule has 4 rings (SSSR count). The van der Waals surface area contributed by atoms with Crippen molar-refractivity contribution in [1.29, 1.82) is 0 Å². The van der Waals surface area contributed by atoms with Gasteiger partial charge in [0.15, 0.2) is 11.5 Å². The van der Waals surface area contributed by atoms with Crippen LogP contribution in [-0.2, 0) is 16.0 Å². The highest BCUT2D eigenvalue weighted by atomic mass is 16.5. The van der Waals surface area contributed by atoms with Crippen LogP contribution in [0, 0.1) is 0 Å². The van der Waals surface area contributed by atoms with Crippen LogP contribution < -0.4 is 35.6 Å². The number of amides is 2. The predicted molar refractivity (Wildman–Crippen MR) is 159 cm³/mol. The van der Waals surface area contributed by atoms with E-state index < -0.39 is 12.1 Å². The summed E-state index contributed by atoms with van der Waals surface area (Å²) in [5.74, 6) is 0.988. The minimum atomic E-state index is -0.687. The molecule has 216 valence electrons. The largest absolute Gasteiger partial charge is 0.493 e. The Hall–Kier alpha value is -4.53. The molecule has 0 spiro atoms. The van der Waals surface area contributed by atoms with E-state index in [9.17, 15) is 14.4 Å². The summed E-state index contributed by atoms with van der Waals surface area (Å²) in [7, 11) is 4.66. The number of benzene rings is 2. The third-order valence-electron chi connectivity index (χ3n) is 7.34. The number of ether oxygens (including phenoxy) is 3. The van der Waals surface area contributed by atoms with Crippen molar-refractivity contribution in [2.24, 2.45) is 0 Å². The first-order chi connectivity index (χ1) is 19.7. The number of anilines is 1. The van der Waals surface area contributed by atoms with Crippen molar-refractivity contribution in [2.75, 3.05) is 26.6 Å². The molecular formula is C32H37N3O6. The maximum absolute atomic E-state index is 13.5. The fourth-order valence-corrected chi connectivity index (χ4v) is 5.29. The number of hydrogen-bond donors (Lipinski definition) is 3. The molecule has 1 aliphatic rings. The zero-order chi connectivity index (χ0) is 29.7. The highest BCUT2D eigenvalue weighted by Crippen LogP contribution is 2.50. The molecule has 0 unspecified atom stereocenters. The van der Waals surface area contributed by atoms with Gasteiger partial charge < -0.3 is 30.2 Å². The first-order valence-electron chi connectivity index (χ1n) is 13.6. The van der Waals surface area contributed by atoms with Gasteiger partial charge in [-0.05, 0) is 67.1 Å². The zero-order valence-corrected chi connectivity index (χ0v) is 24.3. The Morgan fingerprint density at radius 1 is 0.927 bits per heavy atom. The van der Waals surface area contributed by atoms with E-state index >= 15 is 0 Å². The number of rotatable bonds is 9. The topological polar surface area (TPSA) is 115 Å². The van der Waals surface area contributed by atoms with Gasteiger partial charge in [-0.1, -0.05) is 36.4 Å². The highest BCUT2D eigenvalue weighted by molar-refractivity contribution is 5.86. The van der Waals surface area contributed by atoms with Crippen LogP contribution in [0.5, 0.6) is 17.2 Å². The van der Waals surface area contributed by atoms with Crippen molar-refractivity contribution in [3.8, 4) is 28.4 Å². The molecular weight excluding hydrogens is 522 g/mol. The third-order valence-corrected chi connectivity index (χ3v) is 7.34. The van der Waals surface area contributed by atoms with Crippen molar-refractivity contribution >= 4 is 17.5 Å². The molecule has 3 aromatic rings. The Bertz CT molecular complexity index is 1490. The normalized spacial score (nSPS) is 15.2. The molecule has 41 heavy (non-hydrogen) atoms. The maximum atomic E-state index is 13.5. The summed E-state index contributed by atoms with van der Waals surface area (Å²) >= 11 is 0. The number of nitrogens with one attached hydrogen (secondary N) is 3. The van der Waals surface area contributed by atoms with Crippen LogP contribution in [0.25, 0.3) is 11.1 Å². The van der Waals surface area contributed by atoms with E-state index in [1.807, 2.05) is 49.4 Å². The minimum Gasteiger partial charge on any atom is -0.493 e. The van der Waals surface area contributed by atoms with Crippen molar-refractivity contribution in [1.82, 2.24) is 10.6 Å². The second-order valence-corrected chi connectivity index (χ2v) is 10.1. The average Bonchev–Trinajstić information content (AvgIpc) is 3.20. The monoisotopic (exact) mass is 559 g/mol. The maximum Gasteiger partial charge on any atom is 0.242 e. The molecule has 0 aliphatic heterocycles. The van der Waals surface area contributed by atoms with E-state index in [1.54, 1.807) is 34.3 Å². The fourth-order valence-electron chi connectivity index (χ4n) is 5.29. The van der Waals surface area contributed by atoms with Crippen LogP contribution >= 0.6 is 0 Å². The smallest absolute Gasteiger partial charge is 0.242 e. The summed E-state index contributed by atoms with van der Waals surface area (Å²) in [6, 6.07) is 15.3. The van der Waals surface area contributed by atoms with Gasteiger partial charge in [0.25, 0.3) is 0 Å². The first kappa shape index (κ1) is 29.5. The van der Waals surface area contributed by atoms with Gasteiger partial charge in [-0.15, -0.1) is 0 Å². The molecule has 0 fully saturated rings. The Labute approximate surface area is 240 Å². The van der Waals surface area contributed by atoms with Gasteiger partial charge in [-0.2, -0.15) is 0 Å². The molecule has 1 aliphatic carbocycles. The molecule has 0 saturated heterocycles. The zero-order valence-electron chi connectivity index (χ0n) is 24.3. The minimum absolute atomic E-state index is 0.197. The Balaban J connectivity index is 1.77. The van der Waals surface area contributed by atoms with Crippen LogP contribution in [0.3, 0.4) is 0 Å². The SMILES string of the molecule is COc1cc2c(c(OC)c1OC)-c1ccc(N[C@@H](C)C(=O)N[C@@H](C)c3ccccc3)c(=O)cc1[C@@H](NC(C)=O)CC2. The quantitative estimate of drug-likeness (QED) is 0.353. The highest BCUT2D eigenvalue weighted by Gasteiger charge is 2.29. The summed E-state index contributed by atoms with van der Waals surface area (Å²) in [4.78, 5) is 38.7. The van der Waals surface area contributed by atoms with Crippen LogP contribution in [0.1, 0.15) is 56.0 Å². The van der Waals surface area contributed by atoms with Crippen LogP contribution in [-0.4, -0.2) is 39.2 Å². The van der Waals surface area contributed by atoms with Crippen molar-refractivity contribution in [3.05, 3.63) is 81.5 Å².